The summed E-state index contributed by atoms with van der Waals surface area (Å²) in [5.41, 5.74) is -0.0161. The zero-order chi connectivity index (χ0) is 11.6. The molecule has 0 amide bonds. The van der Waals surface area contributed by atoms with E-state index in [0.29, 0.717) is 0 Å². The Morgan fingerprint density at radius 2 is 2.00 bits per heavy atom. The van der Waals surface area contributed by atoms with E-state index in [2.05, 4.69) is 25.8 Å². The second-order valence-electron chi connectivity index (χ2n) is 4.46. The third-order valence-electron chi connectivity index (χ3n) is 1.68. The fourth-order valence-electron chi connectivity index (χ4n) is 1.14. The molecule has 1 heterocycles. The molecule has 0 atom stereocenters. The van der Waals surface area contributed by atoms with E-state index >= 15 is 0 Å². The van der Waals surface area contributed by atoms with Crippen molar-refractivity contribution in [3.05, 3.63) is 23.6 Å². The molecule has 0 saturated heterocycles. The number of carbonyl (C=O) groups excluding carboxylic acids is 1. The number of hydrogen-bond donors (Lipinski definition) is 0. The Morgan fingerprint density at radius 3 is 2.47 bits per heavy atom. The Kier molecular flexibility index (Phi) is 3.86. The molecule has 0 saturated carbocycles. The van der Waals surface area contributed by atoms with Crippen LogP contribution in [-0.2, 0) is 0 Å². The first-order valence-corrected chi connectivity index (χ1v) is 7.61. The number of ketones is 1. The second-order valence-corrected chi connectivity index (χ2v) is 10.9. The summed E-state index contributed by atoms with van der Waals surface area (Å²) in [7, 11) is 0. The minimum absolute atomic E-state index is 0.0161. The quantitative estimate of drug-likeness (QED) is 0.617. The first-order chi connectivity index (χ1) is 6.79. The monoisotopic (exact) mass is 315 g/mol. The van der Waals surface area contributed by atoms with Gasteiger partial charge in [0, 0.05) is 0 Å². The average Bonchev–Trinajstić information content (AvgIpc) is 2.05. The van der Waals surface area contributed by atoms with E-state index in [1.54, 1.807) is 6.07 Å². The molecule has 80 valence electrons. The number of nitrogens with zero attached hydrogens (tertiary/aromatic N) is 1. The molecular formula is C11H14FNOSn. The van der Waals surface area contributed by atoms with E-state index in [4.69, 9.17) is 0 Å². The topological polar surface area (TPSA) is 30.0 Å². The second kappa shape index (κ2) is 4.59. The summed E-state index contributed by atoms with van der Waals surface area (Å²) in [5, 5.41) is 0. The van der Waals surface area contributed by atoms with Gasteiger partial charge < -0.3 is 0 Å². The van der Waals surface area contributed by atoms with Crippen molar-refractivity contribution in [2.45, 2.75) is 31.1 Å². The van der Waals surface area contributed by atoms with E-state index in [1.807, 2.05) is 0 Å². The predicted octanol–water partition coefficient (Wildman–Crippen LogP) is 1.97. The average molecular weight is 314 g/mol. The molecule has 0 aliphatic carbocycles. The molecule has 0 fully saturated rings. The van der Waals surface area contributed by atoms with E-state index in [0.717, 1.165) is 3.71 Å². The van der Waals surface area contributed by atoms with Gasteiger partial charge in [-0.05, 0) is 0 Å². The molecule has 0 unspecified atom stereocenters. The SMILES string of the molecule is CC(=O)c1n[c]([Sn][C](C)(C)C)ccc1F. The summed E-state index contributed by atoms with van der Waals surface area (Å²) in [4.78, 5) is 15.2. The number of Topliss-reactive ketones (excluding diaryl/α,β-unsaturated/α-hetero) is 1. The standard InChI is InChI=1S/C7H5FNO.C4H9.Sn/c1-5(10)7-6(8)3-2-4-9-7;1-4(2)3;/h2-3H,1H3;1-3H3;. The molecule has 0 aromatic carbocycles. The van der Waals surface area contributed by atoms with Crippen LogP contribution < -0.4 is 3.71 Å². The van der Waals surface area contributed by atoms with Crippen LogP contribution in [0.1, 0.15) is 38.2 Å². The molecule has 0 spiro atoms. The summed E-state index contributed by atoms with van der Waals surface area (Å²) in [6, 6.07) is 3.06. The Bertz CT molecular complexity index is 385. The number of rotatable bonds is 2. The maximum absolute atomic E-state index is 13.2. The van der Waals surface area contributed by atoms with Gasteiger partial charge in [0.15, 0.2) is 0 Å². The molecule has 2 radical (unpaired) electrons. The van der Waals surface area contributed by atoms with Gasteiger partial charge in [-0.3, -0.25) is 0 Å². The van der Waals surface area contributed by atoms with Crippen molar-refractivity contribution in [1.82, 2.24) is 4.98 Å². The Morgan fingerprint density at radius 1 is 1.40 bits per heavy atom. The van der Waals surface area contributed by atoms with Gasteiger partial charge in [0.2, 0.25) is 0 Å². The van der Waals surface area contributed by atoms with Crippen LogP contribution in [0.15, 0.2) is 12.1 Å². The van der Waals surface area contributed by atoms with Crippen LogP contribution in [0.3, 0.4) is 0 Å². The summed E-state index contributed by atoms with van der Waals surface area (Å²) in [6.07, 6.45) is 0. The van der Waals surface area contributed by atoms with Gasteiger partial charge in [-0.2, -0.15) is 0 Å². The Balaban J connectivity index is 3.03. The van der Waals surface area contributed by atoms with E-state index in [1.165, 1.54) is 13.0 Å². The van der Waals surface area contributed by atoms with Crippen molar-refractivity contribution < 1.29 is 9.18 Å². The summed E-state index contributed by atoms with van der Waals surface area (Å²) in [5.74, 6) is -0.817. The van der Waals surface area contributed by atoms with Crippen molar-refractivity contribution in [3.63, 3.8) is 0 Å². The number of halogens is 1. The van der Waals surface area contributed by atoms with Gasteiger partial charge in [-0.15, -0.1) is 0 Å². The van der Waals surface area contributed by atoms with Crippen molar-refractivity contribution in [2.24, 2.45) is 0 Å². The van der Waals surface area contributed by atoms with Crippen LogP contribution in [0.25, 0.3) is 0 Å². The predicted molar refractivity (Wildman–Crippen MR) is 59.3 cm³/mol. The van der Waals surface area contributed by atoms with Crippen molar-refractivity contribution in [3.8, 4) is 0 Å². The van der Waals surface area contributed by atoms with Gasteiger partial charge in [0.1, 0.15) is 0 Å². The van der Waals surface area contributed by atoms with E-state index < -0.39 is 27.0 Å². The molecule has 1 aromatic rings. The van der Waals surface area contributed by atoms with Crippen LogP contribution in [0.2, 0.25) is 3.43 Å². The molecule has 1 rings (SSSR count). The first-order valence-electron chi connectivity index (χ1n) is 4.75. The number of aromatic nitrogens is 1. The van der Waals surface area contributed by atoms with Crippen LogP contribution in [0.5, 0.6) is 0 Å². The number of hydrogen-bond acceptors (Lipinski definition) is 2. The normalized spacial score (nSPS) is 11.5. The fraction of sp³-hybridized carbons (Fsp3) is 0.455. The number of carbonyl (C=O) groups is 1. The van der Waals surface area contributed by atoms with Crippen LogP contribution in [0, 0.1) is 5.82 Å². The van der Waals surface area contributed by atoms with Gasteiger partial charge in [0.05, 0.1) is 0 Å². The Hall–Kier alpha value is -0.451. The van der Waals surface area contributed by atoms with Gasteiger partial charge >= 0.3 is 99.6 Å². The van der Waals surface area contributed by atoms with Gasteiger partial charge in [-0.25, -0.2) is 0 Å². The van der Waals surface area contributed by atoms with Crippen LogP contribution in [-0.4, -0.2) is 31.9 Å². The molecular weight excluding hydrogens is 300 g/mol. The molecule has 4 heteroatoms. The molecule has 2 nitrogen and oxygen atoms in total. The zero-order valence-corrected chi connectivity index (χ0v) is 12.2. The molecule has 1 aromatic heterocycles. The van der Waals surface area contributed by atoms with Crippen LogP contribution in [0.4, 0.5) is 4.39 Å². The van der Waals surface area contributed by atoms with Crippen molar-refractivity contribution in [1.29, 1.82) is 0 Å². The van der Waals surface area contributed by atoms with E-state index in [9.17, 15) is 9.18 Å². The fourth-order valence-corrected chi connectivity index (χ4v) is 4.29. The van der Waals surface area contributed by atoms with Crippen LogP contribution >= 0.6 is 0 Å². The molecule has 0 aliphatic rings. The molecule has 0 aliphatic heterocycles. The van der Waals surface area contributed by atoms with Crippen molar-refractivity contribution in [2.75, 3.05) is 0 Å². The first kappa shape index (κ1) is 12.6. The van der Waals surface area contributed by atoms with Crippen molar-refractivity contribution >= 4 is 30.6 Å². The summed E-state index contributed by atoms with van der Waals surface area (Å²) < 4.78 is 14.4. The molecule has 0 bridgehead atoms. The summed E-state index contributed by atoms with van der Waals surface area (Å²) in [6.45, 7) is 7.80. The minimum atomic E-state index is -0.864. The molecule has 0 N–H and O–H groups in total. The third kappa shape index (κ3) is 3.89. The third-order valence-corrected chi connectivity index (χ3v) is 5.35. The van der Waals surface area contributed by atoms with E-state index in [-0.39, 0.29) is 14.9 Å². The zero-order valence-electron chi connectivity index (χ0n) is 9.39. The Labute approximate surface area is 99.5 Å². The summed E-state index contributed by atoms with van der Waals surface area (Å²) >= 11 is -0.864. The maximum atomic E-state index is 13.2. The molecule has 15 heavy (non-hydrogen) atoms. The number of pyridine rings is 1. The van der Waals surface area contributed by atoms with Gasteiger partial charge in [-0.1, -0.05) is 0 Å². The van der Waals surface area contributed by atoms with Gasteiger partial charge in [0.25, 0.3) is 0 Å².